The number of rotatable bonds is 5. The fourth-order valence-electron chi connectivity index (χ4n) is 4.56. The van der Waals surface area contributed by atoms with Gasteiger partial charge >= 0.3 is 0 Å². The van der Waals surface area contributed by atoms with Crippen molar-refractivity contribution in [3.8, 4) is 0 Å². The molecule has 1 heterocycles. The zero-order valence-electron chi connectivity index (χ0n) is 20.2. The van der Waals surface area contributed by atoms with Crippen LogP contribution in [0.5, 0.6) is 0 Å². The van der Waals surface area contributed by atoms with E-state index >= 15 is 0 Å². The molecule has 0 aliphatic rings. The van der Waals surface area contributed by atoms with Gasteiger partial charge in [-0.05, 0) is 33.6 Å². The minimum absolute atomic E-state index is 0.121. The van der Waals surface area contributed by atoms with Crippen molar-refractivity contribution in [2.24, 2.45) is 5.92 Å². The Balaban J connectivity index is 2.12. The summed E-state index contributed by atoms with van der Waals surface area (Å²) in [6.07, 6.45) is -0.121. The second-order valence-corrected chi connectivity index (χ2v) is 9.86. The van der Waals surface area contributed by atoms with Crippen LogP contribution in [-0.4, -0.2) is 16.3 Å². The molecule has 0 aliphatic carbocycles. The van der Waals surface area contributed by atoms with Gasteiger partial charge < -0.3 is 16.2 Å². The molecule has 8 nitrogen and oxygen atoms in total. The van der Waals surface area contributed by atoms with E-state index in [0.29, 0.717) is 0 Å². The normalized spacial score (nSPS) is 14.4. The monoisotopic (exact) mass is 463 g/mol. The Bertz CT molecular complexity index is 1570. The number of nitrogens with two attached hydrogens (primary N) is 2. The molecule has 0 spiro atoms. The number of nitrogens with zero attached hydrogens (tertiary/aromatic N) is 1. The van der Waals surface area contributed by atoms with Crippen LogP contribution >= 0.6 is 0 Å². The molecule has 0 fully saturated rings. The summed E-state index contributed by atoms with van der Waals surface area (Å²) in [5.41, 5.74) is 9.03. The van der Waals surface area contributed by atoms with Gasteiger partial charge in [0.1, 0.15) is 0 Å². The van der Waals surface area contributed by atoms with Crippen LogP contribution in [0.3, 0.4) is 0 Å². The highest BCUT2D eigenvalue weighted by molar-refractivity contribution is 6.20. The van der Waals surface area contributed by atoms with Crippen molar-refractivity contribution in [3.63, 3.8) is 0 Å². The molecule has 4 N–H and O–H groups in total. The first-order valence-electron chi connectivity index (χ1n) is 11.3. The summed E-state index contributed by atoms with van der Waals surface area (Å²) >= 11 is 0. The van der Waals surface area contributed by atoms with E-state index in [2.05, 4.69) is 0 Å². The first-order chi connectivity index (χ1) is 15.8. The molecule has 4 aromatic rings. The molecule has 3 aromatic carbocycles. The van der Waals surface area contributed by atoms with Crippen molar-refractivity contribution in [3.05, 3.63) is 65.4 Å². The van der Waals surface area contributed by atoms with E-state index in [1.54, 1.807) is 19.1 Å². The highest BCUT2D eigenvalue weighted by Crippen LogP contribution is 2.33. The maximum Gasteiger partial charge on any atom is 0.264 e. The van der Waals surface area contributed by atoms with Crippen molar-refractivity contribution in [1.29, 1.82) is 0 Å². The van der Waals surface area contributed by atoms with Gasteiger partial charge in [-0.1, -0.05) is 38.1 Å². The molecule has 34 heavy (non-hydrogen) atoms. The van der Waals surface area contributed by atoms with Gasteiger partial charge in [0, 0.05) is 10.8 Å². The maximum atomic E-state index is 13.5. The first-order valence-corrected chi connectivity index (χ1v) is 11.3. The number of anilines is 2. The zero-order chi connectivity index (χ0) is 25.3. The van der Waals surface area contributed by atoms with Gasteiger partial charge in [0.15, 0.2) is 10.9 Å². The number of fused-ring (bicyclic) bond motifs is 3. The van der Waals surface area contributed by atoms with Gasteiger partial charge in [-0.3, -0.25) is 23.7 Å². The van der Waals surface area contributed by atoms with Gasteiger partial charge in [0.05, 0.1) is 50.7 Å². The molecule has 0 saturated heterocycles. The predicted molar refractivity (Wildman–Crippen MR) is 137 cm³/mol. The Hall–Kier alpha value is -3.52. The van der Waals surface area contributed by atoms with E-state index in [9.17, 15) is 19.2 Å². The quantitative estimate of drug-likeness (QED) is 0.264. The topological polar surface area (TPSA) is 134 Å². The molecule has 8 heteroatoms. The number of ether oxygens (including phenoxy) is 1. The van der Waals surface area contributed by atoms with Crippen LogP contribution in [-0.2, 0) is 4.74 Å². The van der Waals surface area contributed by atoms with Crippen LogP contribution in [0.4, 0.5) is 11.4 Å². The Morgan fingerprint density at radius 3 is 1.56 bits per heavy atom. The van der Waals surface area contributed by atoms with Gasteiger partial charge in [-0.2, -0.15) is 0 Å². The summed E-state index contributed by atoms with van der Waals surface area (Å²) in [4.78, 5) is 53.6. The van der Waals surface area contributed by atoms with Gasteiger partial charge in [-0.25, -0.2) is 0 Å². The summed E-state index contributed by atoms with van der Waals surface area (Å²) in [7, 11) is 0. The van der Waals surface area contributed by atoms with E-state index in [4.69, 9.17) is 16.2 Å². The second kappa shape index (κ2) is 7.77. The third kappa shape index (κ3) is 3.16. The largest absolute Gasteiger partial charge is 0.397 e. The molecule has 4 rings (SSSR count). The summed E-state index contributed by atoms with van der Waals surface area (Å²) in [5, 5.41) is -0.155. The third-order valence-electron chi connectivity index (χ3n) is 7.13. The van der Waals surface area contributed by atoms with Crippen molar-refractivity contribution < 1.29 is 4.74 Å². The Morgan fingerprint density at radius 2 is 1.18 bits per heavy atom. The van der Waals surface area contributed by atoms with Crippen LogP contribution in [0.2, 0.25) is 0 Å². The highest BCUT2D eigenvalue weighted by atomic mass is 16.5. The molecule has 178 valence electrons. The molecule has 0 saturated carbocycles. The van der Waals surface area contributed by atoms with Crippen molar-refractivity contribution in [1.82, 2.24) is 4.57 Å². The molecule has 0 bridgehead atoms. The van der Waals surface area contributed by atoms with Crippen LogP contribution in [0.1, 0.15) is 47.6 Å². The average Bonchev–Trinajstić information content (AvgIpc) is 3.04. The van der Waals surface area contributed by atoms with E-state index in [-0.39, 0.29) is 55.7 Å². The maximum absolute atomic E-state index is 13.5. The lowest BCUT2D eigenvalue weighted by atomic mass is 9.97. The molecule has 2 unspecified atom stereocenters. The first kappa shape index (κ1) is 23.6. The molecule has 0 radical (unpaired) electrons. The lowest BCUT2D eigenvalue weighted by molar-refractivity contribution is -0.106. The van der Waals surface area contributed by atoms with Gasteiger partial charge in [-0.15, -0.1) is 0 Å². The number of benzene rings is 3. The highest BCUT2D eigenvalue weighted by Gasteiger charge is 2.35. The number of aromatic nitrogens is 1. The fraction of sp³-hybridized carbons (Fsp3) is 0.385. The minimum Gasteiger partial charge on any atom is -0.397 e. The molecular weight excluding hydrogens is 434 g/mol. The molecule has 1 aromatic heterocycles. The number of nitrogen functional groups attached to an aromatic ring is 2. The zero-order valence-corrected chi connectivity index (χ0v) is 20.2. The van der Waals surface area contributed by atoms with Crippen LogP contribution in [0.25, 0.3) is 32.3 Å². The van der Waals surface area contributed by atoms with Crippen LogP contribution in [0.15, 0.2) is 43.4 Å². The average molecular weight is 464 g/mol. The smallest absolute Gasteiger partial charge is 0.264 e. The third-order valence-corrected chi connectivity index (χ3v) is 7.13. The predicted octanol–water partition coefficient (Wildman–Crippen LogP) is 2.83. The summed E-state index contributed by atoms with van der Waals surface area (Å²) < 4.78 is 7.26. The fourth-order valence-corrected chi connectivity index (χ4v) is 4.56. The van der Waals surface area contributed by atoms with Crippen LogP contribution < -0.4 is 33.4 Å². The molecule has 2 atom stereocenters. The van der Waals surface area contributed by atoms with Crippen LogP contribution in [0, 0.1) is 5.92 Å². The molecule has 0 amide bonds. The standard InChI is InChI=1S/C26H29N3O5/c1-11(2)12(3)34-26(5,6)13(4)29-24(32)18-19(25(29)33)21(28)17-16(20(18)27)22(30)14-9-7-8-10-15(14)23(17)31/h7-13H,27-28H2,1-6H3. The van der Waals surface area contributed by atoms with Gasteiger partial charge in [0.25, 0.3) is 11.1 Å². The Morgan fingerprint density at radius 1 is 0.765 bits per heavy atom. The number of hydrogen-bond acceptors (Lipinski definition) is 7. The van der Waals surface area contributed by atoms with Crippen molar-refractivity contribution in [2.75, 3.05) is 11.5 Å². The van der Waals surface area contributed by atoms with E-state index in [0.717, 1.165) is 4.57 Å². The molecule has 0 aliphatic heterocycles. The van der Waals surface area contributed by atoms with E-state index < -0.39 is 33.6 Å². The van der Waals surface area contributed by atoms with Crippen molar-refractivity contribution >= 4 is 43.7 Å². The Kier molecular flexibility index (Phi) is 5.40. The van der Waals surface area contributed by atoms with E-state index in [1.165, 1.54) is 12.1 Å². The summed E-state index contributed by atoms with van der Waals surface area (Å²) in [6, 6.07) is 5.65. The summed E-state index contributed by atoms with van der Waals surface area (Å²) in [6.45, 7) is 11.3. The van der Waals surface area contributed by atoms with Gasteiger partial charge in [0.2, 0.25) is 0 Å². The number of hydrogen-bond donors (Lipinski definition) is 2. The lowest BCUT2D eigenvalue weighted by Crippen LogP contribution is -2.44. The lowest BCUT2D eigenvalue weighted by Gasteiger charge is -2.36. The Labute approximate surface area is 195 Å². The van der Waals surface area contributed by atoms with Crippen molar-refractivity contribution in [2.45, 2.75) is 59.3 Å². The van der Waals surface area contributed by atoms with E-state index in [1.807, 2.05) is 34.6 Å². The second-order valence-electron chi connectivity index (χ2n) is 9.86. The molecular formula is C26H29N3O5. The minimum atomic E-state index is -0.887. The SMILES string of the molecule is CC(C)C(C)OC(C)(C)C(C)n1c(=O)c2c(N)c3c(=O)c4ccccc4c(=O)c3c(N)c2c1=O. The summed E-state index contributed by atoms with van der Waals surface area (Å²) in [5.74, 6) is 0.227.